The predicted molar refractivity (Wildman–Crippen MR) is 153 cm³/mol. The van der Waals surface area contributed by atoms with E-state index in [1.54, 1.807) is 19.1 Å². The highest BCUT2D eigenvalue weighted by Crippen LogP contribution is 2.36. The minimum atomic E-state index is -3.54. The molecule has 4 rings (SSSR count). The quantitative estimate of drug-likeness (QED) is 0.200. The van der Waals surface area contributed by atoms with E-state index in [0.29, 0.717) is 22.9 Å². The summed E-state index contributed by atoms with van der Waals surface area (Å²) in [7, 11) is -3.54. The Kier molecular flexibility index (Phi) is 9.31. The molecule has 0 radical (unpaired) electrons. The minimum absolute atomic E-state index is 0.0835. The van der Waals surface area contributed by atoms with Crippen molar-refractivity contribution in [3.63, 3.8) is 0 Å². The molecule has 198 valence electrons. The molecule has 0 aliphatic carbocycles. The molecule has 0 saturated heterocycles. The first-order valence-corrected chi connectivity index (χ1v) is 15.2. The summed E-state index contributed by atoms with van der Waals surface area (Å²) in [5, 5.41) is 10.6. The number of ether oxygens (including phenoxy) is 1. The zero-order valence-electron chi connectivity index (χ0n) is 20.8. The lowest BCUT2D eigenvalue weighted by Crippen LogP contribution is -2.14. The van der Waals surface area contributed by atoms with Crippen LogP contribution in [0.15, 0.2) is 89.8 Å². The number of para-hydroxylation sites is 1. The largest absolute Gasteiger partial charge is 0.487 e. The molecular weight excluding hydrogens is 542 g/mol. The van der Waals surface area contributed by atoms with Crippen LogP contribution in [-0.2, 0) is 21.2 Å². The van der Waals surface area contributed by atoms with Crippen molar-refractivity contribution < 1.29 is 23.1 Å². The number of halogens is 1. The van der Waals surface area contributed by atoms with E-state index in [9.17, 15) is 18.3 Å². The summed E-state index contributed by atoms with van der Waals surface area (Å²) in [6, 6.07) is 25.4. The Morgan fingerprint density at radius 3 is 2.55 bits per heavy atom. The number of rotatable bonds is 12. The number of aliphatic carboxylic acids is 1. The summed E-state index contributed by atoms with van der Waals surface area (Å²) in [5.74, 6) is -0.541. The summed E-state index contributed by atoms with van der Waals surface area (Å²) in [4.78, 5) is 16.2. The third-order valence-electron chi connectivity index (χ3n) is 6.06. The van der Waals surface area contributed by atoms with Gasteiger partial charge >= 0.3 is 5.97 Å². The highest BCUT2D eigenvalue weighted by atomic mass is 35.5. The number of carbonyl (C=O) groups is 1. The van der Waals surface area contributed by atoms with Gasteiger partial charge in [0.05, 0.1) is 27.8 Å². The minimum Gasteiger partial charge on any atom is -0.487 e. The number of carboxylic acids is 1. The summed E-state index contributed by atoms with van der Waals surface area (Å²) >= 11 is 7.35. The fourth-order valence-electron chi connectivity index (χ4n) is 3.85. The molecule has 2 unspecified atom stereocenters. The summed E-state index contributed by atoms with van der Waals surface area (Å²) in [6.07, 6.45) is 0.317. The molecule has 9 heteroatoms. The molecule has 6 nitrogen and oxygen atoms in total. The number of nitrogens with zero attached hydrogens (tertiary/aromatic N) is 1. The van der Waals surface area contributed by atoms with Crippen molar-refractivity contribution in [2.45, 2.75) is 30.1 Å². The van der Waals surface area contributed by atoms with Crippen LogP contribution in [0.1, 0.15) is 29.9 Å². The van der Waals surface area contributed by atoms with Gasteiger partial charge in [0.2, 0.25) is 0 Å². The van der Waals surface area contributed by atoms with E-state index < -0.39 is 21.7 Å². The zero-order valence-corrected chi connectivity index (χ0v) is 23.2. The van der Waals surface area contributed by atoms with Gasteiger partial charge in [0.15, 0.2) is 9.84 Å². The Morgan fingerprint density at radius 2 is 1.79 bits per heavy atom. The predicted octanol–water partition coefficient (Wildman–Crippen LogP) is 6.83. The van der Waals surface area contributed by atoms with Gasteiger partial charge in [-0.25, -0.2) is 13.4 Å². The number of hydrogen-bond acceptors (Lipinski definition) is 6. The van der Waals surface area contributed by atoms with Crippen LogP contribution in [0.3, 0.4) is 0 Å². The van der Waals surface area contributed by atoms with Crippen LogP contribution in [0, 0.1) is 5.92 Å². The first-order chi connectivity index (χ1) is 18.2. The van der Waals surface area contributed by atoms with Crippen LogP contribution < -0.4 is 4.74 Å². The fourth-order valence-corrected chi connectivity index (χ4v) is 6.75. The van der Waals surface area contributed by atoms with E-state index in [-0.39, 0.29) is 22.5 Å². The summed E-state index contributed by atoms with van der Waals surface area (Å²) in [5.41, 5.74) is 2.57. The van der Waals surface area contributed by atoms with E-state index in [0.717, 1.165) is 22.2 Å². The highest BCUT2D eigenvalue weighted by Gasteiger charge is 2.22. The van der Waals surface area contributed by atoms with Gasteiger partial charge in [-0.05, 0) is 60.5 Å². The van der Waals surface area contributed by atoms with Crippen molar-refractivity contribution in [3.05, 3.63) is 101 Å². The van der Waals surface area contributed by atoms with E-state index in [2.05, 4.69) is 4.98 Å². The number of benzene rings is 3. The highest BCUT2D eigenvalue weighted by molar-refractivity contribution is 7.99. The maximum atomic E-state index is 13.0. The normalized spacial score (nSPS) is 13.2. The van der Waals surface area contributed by atoms with Crippen LogP contribution >= 0.6 is 23.4 Å². The summed E-state index contributed by atoms with van der Waals surface area (Å²) < 4.78 is 32.0. The molecular formula is C29H28ClNO5S2. The van der Waals surface area contributed by atoms with Crippen molar-refractivity contribution >= 4 is 50.1 Å². The third kappa shape index (κ3) is 7.49. The van der Waals surface area contributed by atoms with Gasteiger partial charge in [0.1, 0.15) is 12.4 Å². The molecule has 1 aromatic heterocycles. The second kappa shape index (κ2) is 12.7. The SMILES string of the molecule is CC(CSC(CCS(=O)(=O)c1ccc(Cl)cc1)c1cccc(OCc2ccc3ccccc3n2)c1)C(=O)O. The van der Waals surface area contributed by atoms with Crippen molar-refractivity contribution in [2.24, 2.45) is 5.92 Å². The number of pyridine rings is 1. The Hall–Kier alpha value is -3.07. The molecule has 3 aromatic carbocycles. The molecule has 0 saturated carbocycles. The van der Waals surface area contributed by atoms with Gasteiger partial charge in [-0.1, -0.05) is 54.9 Å². The molecule has 2 atom stereocenters. The number of fused-ring (bicyclic) bond motifs is 1. The molecule has 38 heavy (non-hydrogen) atoms. The maximum absolute atomic E-state index is 13.0. The van der Waals surface area contributed by atoms with Gasteiger partial charge < -0.3 is 9.84 Å². The van der Waals surface area contributed by atoms with Crippen molar-refractivity contribution in [2.75, 3.05) is 11.5 Å². The van der Waals surface area contributed by atoms with Crippen molar-refractivity contribution in [3.8, 4) is 5.75 Å². The van der Waals surface area contributed by atoms with Gasteiger partial charge in [-0.3, -0.25) is 4.79 Å². The summed E-state index contributed by atoms with van der Waals surface area (Å²) in [6.45, 7) is 1.93. The second-order valence-electron chi connectivity index (χ2n) is 8.98. The molecule has 0 fully saturated rings. The molecule has 0 spiro atoms. The van der Waals surface area contributed by atoms with Crippen LogP contribution in [-0.4, -0.2) is 36.0 Å². The van der Waals surface area contributed by atoms with Crippen LogP contribution in [0.5, 0.6) is 5.75 Å². The Bertz CT molecular complexity index is 1510. The molecule has 4 aromatic rings. The fraction of sp³-hybridized carbons (Fsp3) is 0.241. The first kappa shape index (κ1) is 28.0. The smallest absolute Gasteiger partial charge is 0.307 e. The van der Waals surface area contributed by atoms with Crippen LogP contribution in [0.4, 0.5) is 0 Å². The average Bonchev–Trinajstić information content (AvgIpc) is 2.92. The standard InChI is InChI=1S/C29H28ClNO5S2/c1-20(29(32)33)19-37-28(15-16-38(34,35)26-13-10-23(30)11-14-26)22-6-4-7-25(17-22)36-18-24-12-9-21-5-2-3-8-27(21)31-24/h2-14,17,20,28H,15-16,18-19H2,1H3,(H,32,33). The molecule has 0 aliphatic rings. The lowest BCUT2D eigenvalue weighted by atomic mass is 10.1. The molecule has 1 heterocycles. The lowest BCUT2D eigenvalue weighted by molar-refractivity contribution is -0.140. The van der Waals surface area contributed by atoms with Crippen LogP contribution in [0.25, 0.3) is 10.9 Å². The lowest BCUT2D eigenvalue weighted by Gasteiger charge is -2.19. The van der Waals surface area contributed by atoms with E-state index >= 15 is 0 Å². The molecule has 0 aliphatic heterocycles. The zero-order chi connectivity index (χ0) is 27.1. The van der Waals surface area contributed by atoms with E-state index in [1.165, 1.54) is 23.9 Å². The van der Waals surface area contributed by atoms with Gasteiger partial charge in [0.25, 0.3) is 0 Å². The van der Waals surface area contributed by atoms with Crippen molar-refractivity contribution in [1.82, 2.24) is 4.98 Å². The number of aromatic nitrogens is 1. The topological polar surface area (TPSA) is 93.6 Å². The van der Waals surface area contributed by atoms with Gasteiger partial charge in [0, 0.05) is 21.4 Å². The number of sulfone groups is 1. The monoisotopic (exact) mass is 569 g/mol. The second-order valence-corrected chi connectivity index (χ2v) is 12.8. The number of thioether (sulfide) groups is 1. The van der Waals surface area contributed by atoms with E-state index in [1.807, 2.05) is 60.7 Å². The molecule has 0 bridgehead atoms. The Labute approximate surface area is 231 Å². The molecule has 1 N–H and O–H groups in total. The average molecular weight is 570 g/mol. The Morgan fingerprint density at radius 1 is 1.03 bits per heavy atom. The Balaban J connectivity index is 1.49. The van der Waals surface area contributed by atoms with Crippen LogP contribution in [0.2, 0.25) is 5.02 Å². The van der Waals surface area contributed by atoms with E-state index in [4.69, 9.17) is 16.3 Å². The first-order valence-electron chi connectivity index (χ1n) is 12.1. The molecule has 0 amide bonds. The maximum Gasteiger partial charge on any atom is 0.307 e. The third-order valence-corrected chi connectivity index (χ3v) is 9.68. The van der Waals surface area contributed by atoms with Gasteiger partial charge in [-0.15, -0.1) is 0 Å². The number of hydrogen-bond donors (Lipinski definition) is 1. The van der Waals surface area contributed by atoms with Gasteiger partial charge in [-0.2, -0.15) is 11.8 Å². The van der Waals surface area contributed by atoms with Crippen molar-refractivity contribution in [1.29, 1.82) is 0 Å². The number of carboxylic acid groups (broad SMARTS) is 1.